The van der Waals surface area contributed by atoms with Crippen LogP contribution in [0.2, 0.25) is 0 Å². The van der Waals surface area contributed by atoms with Gasteiger partial charge in [0.15, 0.2) is 6.29 Å². The summed E-state index contributed by atoms with van der Waals surface area (Å²) in [7, 11) is 0. The minimum Gasteiger partial charge on any atom is -0.469 e. The maximum Gasteiger partial charge on any atom is 0.151 e. The van der Waals surface area contributed by atoms with Crippen LogP contribution in [-0.4, -0.2) is 28.5 Å². The number of hydrogen-bond acceptors (Lipinski definition) is 4. The molecule has 4 heteroatoms. The summed E-state index contributed by atoms with van der Waals surface area (Å²) in [5.41, 5.74) is -0.127. The number of carbonyl (C=O) groups excluding carboxylic acids is 1. The van der Waals surface area contributed by atoms with E-state index in [9.17, 15) is 4.79 Å². The lowest BCUT2D eigenvalue weighted by Crippen LogP contribution is -2.59. The van der Waals surface area contributed by atoms with Gasteiger partial charge in [0.1, 0.15) is 11.9 Å². The van der Waals surface area contributed by atoms with E-state index in [0.717, 1.165) is 24.9 Å². The third-order valence-corrected chi connectivity index (χ3v) is 4.05. The molecule has 20 heavy (non-hydrogen) atoms. The topological polar surface area (TPSA) is 42.7 Å². The summed E-state index contributed by atoms with van der Waals surface area (Å²) in [5, 5.41) is 2.02. The molecular weight excluding hydrogens is 254 g/mol. The highest BCUT2D eigenvalue weighted by Crippen LogP contribution is 2.38. The van der Waals surface area contributed by atoms with Gasteiger partial charge in [0, 0.05) is 17.5 Å². The maximum atomic E-state index is 11.3. The summed E-state index contributed by atoms with van der Waals surface area (Å²) < 4.78 is 5.30. The summed E-state index contributed by atoms with van der Waals surface area (Å²) in [6.45, 7) is 8.68. The van der Waals surface area contributed by atoms with Gasteiger partial charge in [0.05, 0.1) is 6.26 Å². The molecule has 2 rings (SSSR count). The van der Waals surface area contributed by atoms with Crippen molar-refractivity contribution < 1.29 is 14.0 Å². The van der Waals surface area contributed by atoms with Crippen molar-refractivity contribution in [3.63, 3.8) is 0 Å². The first-order valence-electron chi connectivity index (χ1n) is 7.30. The average molecular weight is 279 g/mol. The van der Waals surface area contributed by atoms with Gasteiger partial charge in [-0.05, 0) is 59.1 Å². The predicted molar refractivity (Wildman–Crippen MR) is 77.2 cm³/mol. The molecule has 4 nitrogen and oxygen atoms in total. The monoisotopic (exact) mass is 279 g/mol. The second-order valence-corrected chi connectivity index (χ2v) is 6.84. The van der Waals surface area contributed by atoms with Gasteiger partial charge >= 0.3 is 0 Å². The second-order valence-electron chi connectivity index (χ2n) is 6.84. The molecule has 0 N–H and O–H groups in total. The van der Waals surface area contributed by atoms with Crippen molar-refractivity contribution in [3.05, 3.63) is 24.2 Å². The normalized spacial score (nSPS) is 23.4. The van der Waals surface area contributed by atoms with Gasteiger partial charge in [0.2, 0.25) is 0 Å². The number of carbonyl (C=O) groups is 1. The molecule has 0 amide bonds. The van der Waals surface area contributed by atoms with Crippen LogP contribution in [0.1, 0.15) is 52.7 Å². The van der Waals surface area contributed by atoms with E-state index >= 15 is 0 Å². The molecule has 0 bridgehead atoms. The minimum absolute atomic E-state index is 0.0633. The first-order chi connectivity index (χ1) is 9.35. The van der Waals surface area contributed by atoms with Crippen LogP contribution >= 0.6 is 0 Å². The first-order valence-corrected chi connectivity index (χ1v) is 7.30. The highest BCUT2D eigenvalue weighted by Gasteiger charge is 2.43. The lowest BCUT2D eigenvalue weighted by Gasteiger charge is -2.51. The molecule has 1 aliphatic rings. The van der Waals surface area contributed by atoms with Crippen LogP contribution in [-0.2, 0) is 16.1 Å². The van der Waals surface area contributed by atoms with Gasteiger partial charge < -0.3 is 9.21 Å². The third kappa shape index (κ3) is 3.30. The molecule has 0 aliphatic carbocycles. The highest BCUT2D eigenvalue weighted by atomic mass is 16.7. The number of hydrogen-bond donors (Lipinski definition) is 0. The summed E-state index contributed by atoms with van der Waals surface area (Å²) >= 11 is 0. The number of nitrogens with zero attached hydrogens (tertiary/aromatic N) is 1. The van der Waals surface area contributed by atoms with Crippen molar-refractivity contribution in [1.29, 1.82) is 0 Å². The molecule has 1 aromatic rings. The molecule has 0 radical (unpaired) electrons. The summed E-state index contributed by atoms with van der Waals surface area (Å²) in [5.74, 6) is 0.773. The Bertz CT molecular complexity index is 421. The molecule has 1 fully saturated rings. The Morgan fingerprint density at radius 1 is 1.35 bits per heavy atom. The lowest BCUT2D eigenvalue weighted by molar-refractivity contribution is -0.296. The number of piperidine rings is 1. The lowest BCUT2D eigenvalue weighted by atomic mass is 9.82. The van der Waals surface area contributed by atoms with Crippen LogP contribution < -0.4 is 0 Å². The smallest absolute Gasteiger partial charge is 0.151 e. The van der Waals surface area contributed by atoms with Crippen LogP contribution in [0.5, 0.6) is 0 Å². The van der Waals surface area contributed by atoms with Crippen LogP contribution in [0.25, 0.3) is 0 Å². The van der Waals surface area contributed by atoms with Crippen molar-refractivity contribution >= 4 is 6.29 Å². The van der Waals surface area contributed by atoms with Gasteiger partial charge in [-0.2, -0.15) is 5.06 Å². The molecule has 0 spiro atoms. The van der Waals surface area contributed by atoms with E-state index in [4.69, 9.17) is 9.25 Å². The Balaban J connectivity index is 2.09. The van der Waals surface area contributed by atoms with Gasteiger partial charge in [-0.25, -0.2) is 0 Å². The van der Waals surface area contributed by atoms with Crippen LogP contribution in [0.4, 0.5) is 0 Å². The fourth-order valence-electron chi connectivity index (χ4n) is 3.13. The highest BCUT2D eigenvalue weighted by molar-refractivity contribution is 5.56. The Morgan fingerprint density at radius 2 is 2.00 bits per heavy atom. The van der Waals surface area contributed by atoms with E-state index < -0.39 is 6.10 Å². The van der Waals surface area contributed by atoms with E-state index in [0.29, 0.717) is 6.42 Å². The number of furan rings is 1. The quantitative estimate of drug-likeness (QED) is 0.775. The van der Waals surface area contributed by atoms with Crippen molar-refractivity contribution in [3.8, 4) is 0 Å². The van der Waals surface area contributed by atoms with E-state index in [1.165, 1.54) is 6.42 Å². The van der Waals surface area contributed by atoms with Crippen molar-refractivity contribution in [2.24, 2.45) is 0 Å². The summed E-state index contributed by atoms with van der Waals surface area (Å²) in [6, 6.07) is 3.69. The molecule has 0 aromatic carbocycles. The van der Waals surface area contributed by atoms with Gasteiger partial charge in [-0.3, -0.25) is 4.84 Å². The fourth-order valence-corrected chi connectivity index (χ4v) is 3.13. The zero-order valence-corrected chi connectivity index (χ0v) is 12.9. The van der Waals surface area contributed by atoms with Crippen LogP contribution in [0.3, 0.4) is 0 Å². The third-order valence-electron chi connectivity index (χ3n) is 4.05. The zero-order valence-electron chi connectivity index (χ0n) is 12.9. The average Bonchev–Trinajstić information content (AvgIpc) is 2.84. The van der Waals surface area contributed by atoms with Crippen molar-refractivity contribution in [2.75, 3.05) is 0 Å². The largest absolute Gasteiger partial charge is 0.469 e. The molecular formula is C16H25NO3. The second kappa shape index (κ2) is 5.70. The van der Waals surface area contributed by atoms with Gasteiger partial charge in [-0.15, -0.1) is 0 Å². The number of aldehydes is 1. The van der Waals surface area contributed by atoms with Gasteiger partial charge in [-0.1, -0.05) is 0 Å². The summed E-state index contributed by atoms with van der Waals surface area (Å²) in [4.78, 5) is 17.4. The van der Waals surface area contributed by atoms with Crippen molar-refractivity contribution in [1.82, 2.24) is 5.06 Å². The Hall–Kier alpha value is -1.13. The van der Waals surface area contributed by atoms with E-state index in [1.54, 1.807) is 6.26 Å². The molecule has 1 saturated heterocycles. The SMILES string of the molecule is CC1(C)CCCC(C)(C)N1O[C@H](C=O)Cc1ccco1. The number of hydroxylamine groups is 2. The van der Waals surface area contributed by atoms with Crippen LogP contribution in [0.15, 0.2) is 22.8 Å². The number of rotatable bonds is 5. The Morgan fingerprint density at radius 3 is 2.50 bits per heavy atom. The van der Waals surface area contributed by atoms with Crippen LogP contribution in [0, 0.1) is 0 Å². The summed E-state index contributed by atoms with van der Waals surface area (Å²) in [6.07, 6.45) is 5.78. The van der Waals surface area contributed by atoms with E-state index in [1.807, 2.05) is 17.2 Å². The molecule has 1 aliphatic heterocycles. The molecule has 2 heterocycles. The van der Waals surface area contributed by atoms with Crippen molar-refractivity contribution in [2.45, 2.75) is 70.6 Å². The molecule has 112 valence electrons. The zero-order chi connectivity index (χ0) is 14.8. The Kier molecular flexibility index (Phi) is 4.35. The van der Waals surface area contributed by atoms with E-state index in [-0.39, 0.29) is 11.1 Å². The Labute approximate surface area is 121 Å². The fraction of sp³-hybridized carbons (Fsp3) is 0.688. The molecule has 1 aromatic heterocycles. The van der Waals surface area contributed by atoms with E-state index in [2.05, 4.69) is 27.7 Å². The standard InChI is InChI=1S/C16H25NO3/c1-15(2)8-6-9-16(3,4)17(15)20-14(12-18)11-13-7-5-10-19-13/h5,7,10,12,14H,6,8-9,11H2,1-4H3/t14-/m0/s1. The first kappa shape index (κ1) is 15.3. The van der Waals surface area contributed by atoms with Gasteiger partial charge in [0.25, 0.3) is 0 Å². The molecule has 0 unspecified atom stereocenters. The molecule has 0 saturated carbocycles. The predicted octanol–water partition coefficient (Wildman–Crippen LogP) is 3.36. The molecule has 1 atom stereocenters. The minimum atomic E-state index is -0.502. The maximum absolute atomic E-state index is 11.3.